The highest BCUT2D eigenvalue weighted by molar-refractivity contribution is 7.89. The van der Waals surface area contributed by atoms with Crippen LogP contribution in [0.2, 0.25) is 0 Å². The van der Waals surface area contributed by atoms with Gasteiger partial charge in [-0.05, 0) is 54.3 Å². The van der Waals surface area contributed by atoms with Gasteiger partial charge in [0.15, 0.2) is 0 Å². The van der Waals surface area contributed by atoms with Crippen LogP contribution in [0.5, 0.6) is 0 Å². The maximum Gasteiger partial charge on any atom is 0.243 e. The predicted octanol–water partition coefficient (Wildman–Crippen LogP) is 3.03. The van der Waals surface area contributed by atoms with Gasteiger partial charge in [-0.15, -0.1) is 0 Å². The summed E-state index contributed by atoms with van der Waals surface area (Å²) < 4.78 is 66.8. The van der Waals surface area contributed by atoms with Crippen molar-refractivity contribution in [2.24, 2.45) is 0 Å². The molecule has 0 aliphatic carbocycles. The van der Waals surface area contributed by atoms with E-state index in [1.807, 2.05) is 12.1 Å². The summed E-state index contributed by atoms with van der Waals surface area (Å²) in [5.41, 5.74) is 1.08. The van der Waals surface area contributed by atoms with Gasteiger partial charge in [0.25, 0.3) is 0 Å². The molecule has 1 saturated heterocycles. The molecule has 0 N–H and O–H groups in total. The van der Waals surface area contributed by atoms with Crippen LogP contribution in [0.4, 0.5) is 4.39 Å². The van der Waals surface area contributed by atoms with Gasteiger partial charge in [0, 0.05) is 26.2 Å². The number of piperazine rings is 1. The van der Waals surface area contributed by atoms with Crippen molar-refractivity contribution >= 4 is 20.0 Å². The Bertz CT molecular complexity index is 1040. The van der Waals surface area contributed by atoms with Gasteiger partial charge in [-0.3, -0.25) is 0 Å². The molecule has 0 aromatic heterocycles. The quantitative estimate of drug-likeness (QED) is 0.692. The van der Waals surface area contributed by atoms with E-state index in [9.17, 15) is 21.2 Å². The summed E-state index contributed by atoms with van der Waals surface area (Å²) in [5, 5.41) is 0. The molecular formula is C20H25FN2O4S2. The summed E-state index contributed by atoms with van der Waals surface area (Å²) >= 11 is 0. The van der Waals surface area contributed by atoms with Gasteiger partial charge >= 0.3 is 0 Å². The SMILES string of the molecule is CCC(C)c1ccc(S(=O)(=O)N2CCN(S(=O)(=O)c3ccc(F)cc3)CC2)cc1. The second-order valence-electron chi connectivity index (χ2n) is 7.14. The topological polar surface area (TPSA) is 74.8 Å². The van der Waals surface area contributed by atoms with Crippen LogP contribution in [-0.2, 0) is 20.0 Å². The lowest BCUT2D eigenvalue weighted by atomic mass is 9.99. The smallest absolute Gasteiger partial charge is 0.207 e. The van der Waals surface area contributed by atoms with Crippen LogP contribution >= 0.6 is 0 Å². The summed E-state index contributed by atoms with van der Waals surface area (Å²) in [5.74, 6) is -0.161. The zero-order valence-corrected chi connectivity index (χ0v) is 18.1. The minimum Gasteiger partial charge on any atom is -0.207 e. The first-order valence-electron chi connectivity index (χ1n) is 9.52. The zero-order chi connectivity index (χ0) is 21.2. The van der Waals surface area contributed by atoms with Crippen molar-refractivity contribution in [3.63, 3.8) is 0 Å². The third-order valence-electron chi connectivity index (χ3n) is 5.35. The number of halogens is 1. The lowest BCUT2D eigenvalue weighted by molar-refractivity contribution is 0.273. The number of hydrogen-bond acceptors (Lipinski definition) is 4. The fraction of sp³-hybridized carbons (Fsp3) is 0.400. The van der Waals surface area contributed by atoms with Crippen molar-refractivity contribution in [1.29, 1.82) is 0 Å². The Balaban J connectivity index is 1.71. The molecule has 0 amide bonds. The van der Waals surface area contributed by atoms with Crippen LogP contribution in [0.1, 0.15) is 31.7 Å². The van der Waals surface area contributed by atoms with E-state index in [2.05, 4.69) is 13.8 Å². The fourth-order valence-electron chi connectivity index (χ4n) is 3.26. The van der Waals surface area contributed by atoms with E-state index in [0.29, 0.717) is 5.92 Å². The summed E-state index contributed by atoms with van der Waals surface area (Å²) in [6.45, 7) is 4.39. The molecule has 1 atom stereocenters. The predicted molar refractivity (Wildman–Crippen MR) is 109 cm³/mol. The Kier molecular flexibility index (Phi) is 6.42. The molecule has 2 aromatic carbocycles. The Morgan fingerprint density at radius 3 is 1.55 bits per heavy atom. The number of benzene rings is 2. The molecule has 1 aliphatic heterocycles. The molecule has 0 spiro atoms. The van der Waals surface area contributed by atoms with Crippen molar-refractivity contribution < 1.29 is 21.2 Å². The minimum atomic E-state index is -3.79. The summed E-state index contributed by atoms with van der Waals surface area (Å²) in [6, 6.07) is 11.5. The second-order valence-corrected chi connectivity index (χ2v) is 11.0. The normalized spacial score (nSPS) is 17.9. The van der Waals surface area contributed by atoms with Crippen LogP contribution in [0.3, 0.4) is 0 Å². The second kappa shape index (κ2) is 8.51. The molecule has 1 heterocycles. The molecule has 29 heavy (non-hydrogen) atoms. The molecule has 0 radical (unpaired) electrons. The highest BCUT2D eigenvalue weighted by Gasteiger charge is 2.33. The molecule has 1 fully saturated rings. The largest absolute Gasteiger partial charge is 0.243 e. The van der Waals surface area contributed by atoms with E-state index >= 15 is 0 Å². The standard InChI is InChI=1S/C20H25FN2O4S2/c1-3-16(2)17-4-8-19(9-5-17)28(24,25)22-12-14-23(15-13-22)29(26,27)20-10-6-18(21)7-11-20/h4-11,16H,3,12-15H2,1-2H3. The highest BCUT2D eigenvalue weighted by Crippen LogP contribution is 2.24. The molecule has 0 saturated carbocycles. The highest BCUT2D eigenvalue weighted by atomic mass is 32.2. The van der Waals surface area contributed by atoms with E-state index in [1.165, 1.54) is 20.7 Å². The third-order valence-corrected chi connectivity index (χ3v) is 9.17. The van der Waals surface area contributed by atoms with Crippen LogP contribution in [-0.4, -0.2) is 51.6 Å². The average Bonchev–Trinajstić information content (AvgIpc) is 2.73. The zero-order valence-electron chi connectivity index (χ0n) is 16.5. The fourth-order valence-corrected chi connectivity index (χ4v) is 6.10. The molecule has 6 nitrogen and oxygen atoms in total. The molecular weight excluding hydrogens is 415 g/mol. The Hall–Kier alpha value is -1.81. The Labute approximate surface area is 172 Å². The molecule has 2 aromatic rings. The maximum atomic E-state index is 13.1. The van der Waals surface area contributed by atoms with Crippen molar-refractivity contribution in [3.8, 4) is 0 Å². The van der Waals surface area contributed by atoms with Gasteiger partial charge in [-0.25, -0.2) is 21.2 Å². The van der Waals surface area contributed by atoms with Crippen LogP contribution in [0.15, 0.2) is 58.3 Å². The first-order chi connectivity index (χ1) is 13.7. The van der Waals surface area contributed by atoms with Gasteiger partial charge in [0.05, 0.1) is 9.79 Å². The monoisotopic (exact) mass is 440 g/mol. The molecule has 9 heteroatoms. The Morgan fingerprint density at radius 1 is 0.793 bits per heavy atom. The van der Waals surface area contributed by atoms with Gasteiger partial charge in [-0.2, -0.15) is 8.61 Å². The molecule has 3 rings (SSSR count). The number of hydrogen-bond donors (Lipinski definition) is 0. The minimum absolute atomic E-state index is 0.00385. The molecule has 1 aliphatic rings. The molecule has 1 unspecified atom stereocenters. The van der Waals surface area contributed by atoms with Crippen LogP contribution in [0, 0.1) is 5.82 Å². The van der Waals surface area contributed by atoms with Gasteiger partial charge < -0.3 is 0 Å². The van der Waals surface area contributed by atoms with E-state index in [0.717, 1.165) is 24.1 Å². The van der Waals surface area contributed by atoms with Gasteiger partial charge in [0.1, 0.15) is 5.82 Å². The van der Waals surface area contributed by atoms with E-state index in [1.54, 1.807) is 12.1 Å². The van der Waals surface area contributed by atoms with Crippen molar-refractivity contribution in [3.05, 3.63) is 59.9 Å². The summed E-state index contributed by atoms with van der Waals surface area (Å²) in [7, 11) is -7.47. The van der Waals surface area contributed by atoms with E-state index < -0.39 is 25.9 Å². The first kappa shape index (κ1) is 21.9. The number of nitrogens with zero attached hydrogens (tertiary/aromatic N) is 2. The lowest BCUT2D eigenvalue weighted by Crippen LogP contribution is -2.50. The lowest BCUT2D eigenvalue weighted by Gasteiger charge is -2.33. The van der Waals surface area contributed by atoms with Crippen LogP contribution in [0.25, 0.3) is 0 Å². The van der Waals surface area contributed by atoms with Crippen molar-refractivity contribution in [2.45, 2.75) is 36.0 Å². The van der Waals surface area contributed by atoms with Gasteiger partial charge in [-0.1, -0.05) is 26.0 Å². The third kappa shape index (κ3) is 4.53. The summed E-state index contributed by atoms with van der Waals surface area (Å²) in [6.07, 6.45) is 0.969. The van der Waals surface area contributed by atoms with Crippen molar-refractivity contribution in [2.75, 3.05) is 26.2 Å². The maximum absolute atomic E-state index is 13.1. The van der Waals surface area contributed by atoms with Crippen molar-refractivity contribution in [1.82, 2.24) is 8.61 Å². The van der Waals surface area contributed by atoms with Gasteiger partial charge in [0.2, 0.25) is 20.0 Å². The van der Waals surface area contributed by atoms with E-state index in [-0.39, 0.29) is 36.0 Å². The number of rotatable bonds is 6. The number of sulfonamides is 2. The molecule has 0 bridgehead atoms. The summed E-state index contributed by atoms with van der Waals surface area (Å²) in [4.78, 5) is 0.204. The van der Waals surface area contributed by atoms with E-state index in [4.69, 9.17) is 0 Å². The average molecular weight is 441 g/mol. The molecule has 158 valence electrons. The first-order valence-corrected chi connectivity index (χ1v) is 12.4. The van der Waals surface area contributed by atoms with Crippen LogP contribution < -0.4 is 0 Å². The Morgan fingerprint density at radius 2 is 1.17 bits per heavy atom.